The first kappa shape index (κ1) is 37.9. The number of rotatable bonds is 16. The van der Waals surface area contributed by atoms with Gasteiger partial charge in [-0.15, -0.1) is 0 Å². The number of anilines is 6. The van der Waals surface area contributed by atoms with Crippen LogP contribution in [0.25, 0.3) is 0 Å². The smallest absolute Gasteiger partial charge is 0.0520 e. The van der Waals surface area contributed by atoms with E-state index < -0.39 is 0 Å². The first-order valence-corrected chi connectivity index (χ1v) is 20.2. The van der Waals surface area contributed by atoms with Gasteiger partial charge in [0.1, 0.15) is 0 Å². The van der Waals surface area contributed by atoms with Crippen LogP contribution in [-0.4, -0.2) is 0 Å². The number of hydrogen-bond donors (Lipinski definition) is 0. The van der Waals surface area contributed by atoms with Gasteiger partial charge in [0, 0.05) is 31.7 Å². The summed E-state index contributed by atoms with van der Waals surface area (Å²) in [5, 5.41) is 0. The van der Waals surface area contributed by atoms with Gasteiger partial charge >= 0.3 is 0 Å². The summed E-state index contributed by atoms with van der Waals surface area (Å²) in [4.78, 5) is 4.85. The third-order valence-electron chi connectivity index (χ3n) is 9.72. The second-order valence-corrected chi connectivity index (χ2v) is 15.7. The molecule has 0 atom stereocenters. The molecule has 0 heterocycles. The predicted octanol–water partition coefficient (Wildman–Crippen LogP) is 15.6. The molecule has 0 bridgehead atoms. The van der Waals surface area contributed by atoms with Crippen molar-refractivity contribution in [3.8, 4) is 0 Å². The Hall–Kier alpha value is -3.34. The molecule has 0 saturated carbocycles. The van der Waals surface area contributed by atoms with Crippen molar-refractivity contribution in [2.24, 2.45) is 0 Å². The monoisotopic (exact) mass is 792 g/mol. The zero-order chi connectivity index (χ0) is 35.6. The summed E-state index contributed by atoms with van der Waals surface area (Å²) in [6.45, 7) is 13.6. The zero-order valence-corrected chi connectivity index (χ0v) is 34.1. The highest BCUT2D eigenvalue weighted by Crippen LogP contribution is 2.43. The van der Waals surface area contributed by atoms with Crippen LogP contribution in [0.2, 0.25) is 0 Å². The lowest BCUT2D eigenvalue weighted by molar-refractivity contribution is 0.666. The van der Waals surface area contributed by atoms with E-state index in [2.05, 4.69) is 180 Å². The average molecular weight is 795 g/mol. The van der Waals surface area contributed by atoms with Gasteiger partial charge in [-0.25, -0.2) is 0 Å². The number of unbranched alkanes of at least 4 members (excludes halogenated alkanes) is 6. The fraction of sp³-hybridized carbons (Fsp3) is 0.348. The van der Waals surface area contributed by atoms with Gasteiger partial charge in [0.2, 0.25) is 0 Å². The van der Waals surface area contributed by atoms with Crippen LogP contribution >= 0.6 is 31.9 Å². The average Bonchev–Trinajstić information content (AvgIpc) is 3.10. The SMILES string of the molecule is CCCCCCc1cc(C)c(N(c2ccc(Br)cc2)c2ccc(N(c3ccc(Br)cc3)c3c(C)cc(CCCCCC)cc3C)cc2)c(C)c1. The van der Waals surface area contributed by atoms with Crippen molar-refractivity contribution >= 4 is 66.0 Å². The molecule has 0 unspecified atom stereocenters. The molecule has 0 aliphatic heterocycles. The zero-order valence-electron chi connectivity index (χ0n) is 31.0. The van der Waals surface area contributed by atoms with Crippen LogP contribution in [0.1, 0.15) is 98.6 Å². The maximum atomic E-state index is 3.66. The van der Waals surface area contributed by atoms with Crippen molar-refractivity contribution < 1.29 is 0 Å². The maximum Gasteiger partial charge on any atom is 0.0520 e. The Bertz CT molecular complexity index is 1640. The molecule has 262 valence electrons. The predicted molar refractivity (Wildman–Crippen MR) is 226 cm³/mol. The lowest BCUT2D eigenvalue weighted by Crippen LogP contribution is -2.15. The summed E-state index contributed by atoms with van der Waals surface area (Å²) in [5.41, 5.74) is 15.2. The summed E-state index contributed by atoms with van der Waals surface area (Å²) >= 11 is 7.32. The van der Waals surface area contributed by atoms with Gasteiger partial charge in [0.05, 0.1) is 11.4 Å². The molecule has 0 aliphatic rings. The fourth-order valence-electron chi connectivity index (χ4n) is 7.34. The molecule has 5 aromatic carbocycles. The largest absolute Gasteiger partial charge is 0.310 e. The van der Waals surface area contributed by atoms with E-state index in [4.69, 9.17) is 0 Å². The number of benzene rings is 5. The molecular formula is C46H54Br2N2. The molecule has 0 saturated heterocycles. The van der Waals surface area contributed by atoms with Crippen LogP contribution in [0.4, 0.5) is 34.1 Å². The lowest BCUT2D eigenvalue weighted by atomic mass is 9.98. The maximum absolute atomic E-state index is 3.66. The van der Waals surface area contributed by atoms with Gasteiger partial charge in [0.25, 0.3) is 0 Å². The minimum Gasteiger partial charge on any atom is -0.310 e. The highest BCUT2D eigenvalue weighted by atomic mass is 79.9. The molecule has 5 aromatic rings. The molecule has 4 heteroatoms. The van der Waals surface area contributed by atoms with Crippen molar-refractivity contribution in [2.45, 2.75) is 106 Å². The third-order valence-corrected chi connectivity index (χ3v) is 10.8. The molecule has 0 amide bonds. The molecule has 0 N–H and O–H groups in total. The summed E-state index contributed by atoms with van der Waals surface area (Å²) < 4.78 is 2.16. The Morgan fingerprint density at radius 1 is 0.400 bits per heavy atom. The lowest BCUT2D eigenvalue weighted by Gasteiger charge is -2.31. The standard InChI is InChI=1S/C46H54Br2N2/c1-7-9-11-13-15-37-29-33(3)45(34(4)30-37)49(41-21-17-39(47)18-22-41)43-25-27-44(28-26-43)50(42-23-19-40(48)20-24-42)46-35(5)31-38(32-36(46)6)16-14-12-10-8-2/h17-32H,7-16H2,1-6H3. The number of hydrogen-bond acceptors (Lipinski definition) is 2. The second-order valence-electron chi connectivity index (χ2n) is 13.9. The van der Waals surface area contributed by atoms with E-state index in [1.165, 1.54) is 96.1 Å². The molecule has 0 fully saturated rings. The normalized spacial score (nSPS) is 11.2. The van der Waals surface area contributed by atoms with Crippen LogP contribution in [0.3, 0.4) is 0 Å². The van der Waals surface area contributed by atoms with Crippen LogP contribution < -0.4 is 9.80 Å². The van der Waals surface area contributed by atoms with Crippen LogP contribution in [0.5, 0.6) is 0 Å². The van der Waals surface area contributed by atoms with E-state index in [0.29, 0.717) is 0 Å². The van der Waals surface area contributed by atoms with Crippen molar-refractivity contribution in [3.05, 3.63) is 139 Å². The highest BCUT2D eigenvalue weighted by Gasteiger charge is 2.21. The molecule has 0 spiro atoms. The molecule has 0 aliphatic carbocycles. The van der Waals surface area contributed by atoms with Crippen molar-refractivity contribution in [1.82, 2.24) is 0 Å². The fourth-order valence-corrected chi connectivity index (χ4v) is 7.87. The van der Waals surface area contributed by atoms with E-state index in [-0.39, 0.29) is 0 Å². The number of nitrogens with zero attached hydrogens (tertiary/aromatic N) is 2. The topological polar surface area (TPSA) is 6.48 Å². The number of halogens is 2. The Balaban J connectivity index is 1.55. The van der Waals surface area contributed by atoms with Crippen molar-refractivity contribution in [2.75, 3.05) is 9.80 Å². The summed E-state index contributed by atoms with van der Waals surface area (Å²) in [5.74, 6) is 0. The van der Waals surface area contributed by atoms with E-state index in [0.717, 1.165) is 44.5 Å². The van der Waals surface area contributed by atoms with E-state index in [9.17, 15) is 0 Å². The summed E-state index contributed by atoms with van der Waals surface area (Å²) in [6.07, 6.45) is 12.5. The minimum atomic E-state index is 1.08. The van der Waals surface area contributed by atoms with Crippen LogP contribution in [-0.2, 0) is 12.8 Å². The summed E-state index contributed by atoms with van der Waals surface area (Å²) in [7, 11) is 0. The molecule has 0 radical (unpaired) electrons. The van der Waals surface area contributed by atoms with Gasteiger partial charge in [-0.1, -0.05) is 108 Å². The third kappa shape index (κ3) is 9.50. The molecule has 5 rings (SSSR count). The van der Waals surface area contributed by atoms with E-state index in [1.54, 1.807) is 0 Å². The Labute approximate surface area is 319 Å². The molecule has 0 aromatic heterocycles. The van der Waals surface area contributed by atoms with Crippen LogP contribution in [0, 0.1) is 27.7 Å². The van der Waals surface area contributed by atoms with Crippen LogP contribution in [0.15, 0.2) is 106 Å². The van der Waals surface area contributed by atoms with Gasteiger partial charge in [-0.05, 0) is 160 Å². The van der Waals surface area contributed by atoms with E-state index >= 15 is 0 Å². The van der Waals surface area contributed by atoms with Gasteiger partial charge in [-0.3, -0.25) is 0 Å². The molecule has 2 nitrogen and oxygen atoms in total. The van der Waals surface area contributed by atoms with Crippen molar-refractivity contribution in [1.29, 1.82) is 0 Å². The molecule has 50 heavy (non-hydrogen) atoms. The highest BCUT2D eigenvalue weighted by molar-refractivity contribution is 9.10. The first-order chi connectivity index (χ1) is 24.2. The number of aryl methyl sites for hydroxylation is 6. The quantitative estimate of drug-likeness (QED) is 0.0918. The van der Waals surface area contributed by atoms with Gasteiger partial charge < -0.3 is 9.80 Å². The molecular weight excluding hydrogens is 740 g/mol. The van der Waals surface area contributed by atoms with Crippen molar-refractivity contribution in [3.63, 3.8) is 0 Å². The Morgan fingerprint density at radius 3 is 0.960 bits per heavy atom. The minimum absolute atomic E-state index is 1.08. The Morgan fingerprint density at radius 2 is 0.680 bits per heavy atom. The first-order valence-electron chi connectivity index (χ1n) is 18.6. The van der Waals surface area contributed by atoms with E-state index in [1.807, 2.05) is 0 Å². The second kappa shape index (κ2) is 18.2. The Kier molecular flexibility index (Phi) is 13.8. The van der Waals surface area contributed by atoms with Gasteiger partial charge in [0.15, 0.2) is 0 Å². The summed E-state index contributed by atoms with van der Waals surface area (Å²) in [6, 6.07) is 36.1. The van der Waals surface area contributed by atoms with Gasteiger partial charge in [-0.2, -0.15) is 0 Å².